The summed E-state index contributed by atoms with van der Waals surface area (Å²) in [5, 5.41) is 12.4. The van der Waals surface area contributed by atoms with Gasteiger partial charge in [-0.25, -0.2) is 8.78 Å². The molecule has 2 fully saturated rings. The zero-order valence-electron chi connectivity index (χ0n) is 23.1. The molecule has 2 aliphatic rings. The first kappa shape index (κ1) is 28.1. The smallest absolute Gasteiger partial charge is 0.319 e. The Morgan fingerprint density at radius 2 is 1.88 bits per heavy atom. The highest BCUT2D eigenvalue weighted by Crippen LogP contribution is 2.42. The number of piperazine rings is 1. The molecule has 1 N–H and O–H groups in total. The lowest BCUT2D eigenvalue weighted by atomic mass is 9.96. The summed E-state index contributed by atoms with van der Waals surface area (Å²) in [6, 6.07) is 12.1. The van der Waals surface area contributed by atoms with Gasteiger partial charge in [-0.15, -0.1) is 0 Å². The maximum absolute atomic E-state index is 16.6. The first-order chi connectivity index (χ1) is 20.1. The van der Waals surface area contributed by atoms with Crippen molar-refractivity contribution < 1.29 is 23.4 Å². The summed E-state index contributed by atoms with van der Waals surface area (Å²) in [4.78, 5) is 26.8. The number of amides is 1. The van der Waals surface area contributed by atoms with Crippen molar-refractivity contribution in [3.63, 3.8) is 0 Å². The number of likely N-dealkylation sites (tertiary alicyclic amines) is 1. The number of halogens is 3. The highest BCUT2D eigenvalue weighted by atomic mass is 35.5. The van der Waals surface area contributed by atoms with Crippen molar-refractivity contribution >= 4 is 45.0 Å². The number of alkyl halides is 1. The second-order valence-corrected chi connectivity index (χ2v) is 11.4. The predicted octanol–water partition coefficient (Wildman–Crippen LogP) is 5.21. The molecular formula is C31H30ClF2N5O3. The van der Waals surface area contributed by atoms with Crippen molar-refractivity contribution in [1.82, 2.24) is 19.8 Å². The van der Waals surface area contributed by atoms with Crippen LogP contribution in [-0.2, 0) is 4.79 Å². The highest BCUT2D eigenvalue weighted by molar-refractivity contribution is 6.35. The van der Waals surface area contributed by atoms with Crippen LogP contribution in [0.25, 0.3) is 32.8 Å². The molecule has 3 aromatic carbocycles. The number of phenolic OH excluding ortho intramolecular Hbond substituents is 1. The van der Waals surface area contributed by atoms with Crippen LogP contribution in [0.15, 0.2) is 55.1 Å². The number of carbonyl (C=O) groups excluding carboxylic acids is 1. The Bertz CT molecular complexity index is 1700. The number of ether oxygens (including phenoxy) is 1. The number of rotatable bonds is 7. The molecule has 42 heavy (non-hydrogen) atoms. The maximum Gasteiger partial charge on any atom is 0.319 e. The fraction of sp³-hybridized carbons (Fsp3) is 0.323. The molecule has 0 spiro atoms. The van der Waals surface area contributed by atoms with Gasteiger partial charge < -0.3 is 19.6 Å². The first-order valence-electron chi connectivity index (χ1n) is 13.8. The Labute approximate surface area is 246 Å². The van der Waals surface area contributed by atoms with E-state index in [0.29, 0.717) is 62.6 Å². The number of anilines is 1. The van der Waals surface area contributed by atoms with Gasteiger partial charge >= 0.3 is 6.01 Å². The summed E-state index contributed by atoms with van der Waals surface area (Å²) in [5.74, 6) is -0.403. The molecule has 0 bridgehead atoms. The standard InChI is InChI=1S/C31H30ClF2N5O3/c1-3-25(41)38-8-10-39(11-9-38)29-23-16-24(32)26(22-15-20(40)14-19-6-4-5-7-21(19)22)27(33)28(23)35-30(36-29)42-13-12-37-17-31(2,34)18-37/h3-7,14-16,40H,1,8-13,17-18H2,2H3. The fourth-order valence-electron chi connectivity index (χ4n) is 5.79. The topological polar surface area (TPSA) is 82.0 Å². The molecule has 2 saturated heterocycles. The predicted molar refractivity (Wildman–Crippen MR) is 160 cm³/mol. The third kappa shape index (κ3) is 5.32. The highest BCUT2D eigenvalue weighted by Gasteiger charge is 2.38. The van der Waals surface area contributed by atoms with Gasteiger partial charge in [-0.3, -0.25) is 9.69 Å². The van der Waals surface area contributed by atoms with Crippen LogP contribution < -0.4 is 9.64 Å². The minimum atomic E-state index is -1.20. The van der Waals surface area contributed by atoms with Crippen LogP contribution in [0.5, 0.6) is 11.8 Å². The quantitative estimate of drug-likeness (QED) is 0.295. The van der Waals surface area contributed by atoms with E-state index >= 15 is 4.39 Å². The van der Waals surface area contributed by atoms with Crippen LogP contribution in [-0.4, -0.2) is 88.9 Å². The molecule has 0 aliphatic carbocycles. The molecule has 1 aromatic heterocycles. The van der Waals surface area contributed by atoms with Gasteiger partial charge in [0.2, 0.25) is 5.91 Å². The minimum Gasteiger partial charge on any atom is -0.508 e. The van der Waals surface area contributed by atoms with E-state index in [0.717, 1.165) is 10.8 Å². The van der Waals surface area contributed by atoms with Crippen LogP contribution in [0.2, 0.25) is 5.02 Å². The van der Waals surface area contributed by atoms with Crippen molar-refractivity contribution in [2.45, 2.75) is 12.6 Å². The Morgan fingerprint density at radius 3 is 2.60 bits per heavy atom. The van der Waals surface area contributed by atoms with Crippen LogP contribution in [0.4, 0.5) is 14.6 Å². The molecule has 1 amide bonds. The molecule has 11 heteroatoms. The van der Waals surface area contributed by atoms with Crippen LogP contribution in [0, 0.1) is 5.82 Å². The number of aromatic hydroxyl groups is 1. The van der Waals surface area contributed by atoms with Gasteiger partial charge in [0.1, 0.15) is 29.4 Å². The minimum absolute atomic E-state index is 0.0152. The SMILES string of the molecule is C=CC(=O)N1CCN(c2nc(OCCN3CC(C)(F)C3)nc3c(F)c(-c4cc(O)cc5ccccc45)c(Cl)cc23)CC1. The lowest BCUT2D eigenvalue weighted by molar-refractivity contribution is -0.126. The van der Waals surface area contributed by atoms with E-state index in [1.165, 1.54) is 12.1 Å². The normalized spacial score (nSPS) is 17.0. The van der Waals surface area contributed by atoms with E-state index < -0.39 is 11.5 Å². The van der Waals surface area contributed by atoms with Gasteiger partial charge in [0.15, 0.2) is 5.82 Å². The number of hydrogen-bond acceptors (Lipinski definition) is 7. The van der Waals surface area contributed by atoms with Crippen LogP contribution in [0.1, 0.15) is 6.92 Å². The van der Waals surface area contributed by atoms with Gasteiger partial charge in [-0.05, 0) is 47.5 Å². The van der Waals surface area contributed by atoms with Crippen molar-refractivity contribution in [3.05, 3.63) is 66.0 Å². The molecular weight excluding hydrogens is 564 g/mol. The number of carbonyl (C=O) groups is 1. The summed E-state index contributed by atoms with van der Waals surface area (Å²) in [5.41, 5.74) is -0.639. The molecule has 0 atom stereocenters. The molecule has 0 saturated carbocycles. The summed E-state index contributed by atoms with van der Waals surface area (Å²) < 4.78 is 36.4. The average molecular weight is 594 g/mol. The number of nitrogens with zero attached hydrogens (tertiary/aromatic N) is 5. The molecule has 8 nitrogen and oxygen atoms in total. The summed E-state index contributed by atoms with van der Waals surface area (Å²) in [6.45, 7) is 8.22. The summed E-state index contributed by atoms with van der Waals surface area (Å²) in [7, 11) is 0. The van der Waals surface area contributed by atoms with Crippen molar-refractivity contribution in [2.75, 3.05) is 57.3 Å². The van der Waals surface area contributed by atoms with E-state index in [4.69, 9.17) is 16.3 Å². The van der Waals surface area contributed by atoms with Gasteiger partial charge in [-0.1, -0.05) is 42.4 Å². The van der Waals surface area contributed by atoms with E-state index in [1.807, 2.05) is 34.1 Å². The Morgan fingerprint density at radius 1 is 1.14 bits per heavy atom. The molecule has 3 heterocycles. The van der Waals surface area contributed by atoms with E-state index in [1.54, 1.807) is 24.0 Å². The first-order valence-corrected chi connectivity index (χ1v) is 14.1. The Hall–Kier alpha value is -4.02. The number of fused-ring (bicyclic) bond motifs is 2. The Kier molecular flexibility index (Phi) is 7.36. The largest absolute Gasteiger partial charge is 0.508 e. The lowest BCUT2D eigenvalue weighted by Crippen LogP contribution is -2.57. The molecule has 0 radical (unpaired) electrons. The average Bonchev–Trinajstić information content (AvgIpc) is 2.95. The third-order valence-corrected chi connectivity index (χ3v) is 8.07. The molecule has 0 unspecified atom stereocenters. The van der Waals surface area contributed by atoms with Crippen molar-refractivity contribution in [1.29, 1.82) is 0 Å². The zero-order valence-corrected chi connectivity index (χ0v) is 23.9. The van der Waals surface area contributed by atoms with Crippen LogP contribution >= 0.6 is 11.6 Å². The molecule has 218 valence electrons. The maximum atomic E-state index is 16.6. The fourth-order valence-corrected chi connectivity index (χ4v) is 6.09. The number of hydrogen-bond donors (Lipinski definition) is 1. The van der Waals surface area contributed by atoms with Crippen molar-refractivity contribution in [2.24, 2.45) is 0 Å². The summed E-state index contributed by atoms with van der Waals surface area (Å²) in [6.07, 6.45) is 1.28. The second-order valence-electron chi connectivity index (χ2n) is 11.0. The van der Waals surface area contributed by atoms with Gasteiger partial charge in [-0.2, -0.15) is 9.97 Å². The van der Waals surface area contributed by atoms with Gasteiger partial charge in [0.05, 0.1) is 5.02 Å². The number of benzene rings is 3. The lowest BCUT2D eigenvalue weighted by Gasteiger charge is -2.41. The van der Waals surface area contributed by atoms with E-state index in [9.17, 15) is 14.3 Å². The molecule has 4 aromatic rings. The summed E-state index contributed by atoms with van der Waals surface area (Å²) >= 11 is 6.77. The molecule has 2 aliphatic heterocycles. The van der Waals surface area contributed by atoms with Gasteiger partial charge in [0.25, 0.3) is 0 Å². The second kappa shape index (κ2) is 11.0. The van der Waals surface area contributed by atoms with E-state index in [-0.39, 0.29) is 40.4 Å². The van der Waals surface area contributed by atoms with Crippen molar-refractivity contribution in [3.8, 4) is 22.9 Å². The van der Waals surface area contributed by atoms with E-state index in [2.05, 4.69) is 16.5 Å². The van der Waals surface area contributed by atoms with Crippen LogP contribution in [0.3, 0.4) is 0 Å². The zero-order chi connectivity index (χ0) is 29.6. The third-order valence-electron chi connectivity index (χ3n) is 7.77. The Balaban J connectivity index is 1.42. The molecule has 6 rings (SSSR count). The number of aromatic nitrogens is 2. The number of phenols is 1. The monoisotopic (exact) mass is 593 g/mol. The van der Waals surface area contributed by atoms with Gasteiger partial charge in [0, 0.05) is 56.8 Å².